The Bertz CT molecular complexity index is 557. The van der Waals surface area contributed by atoms with E-state index < -0.39 is 0 Å². The first-order valence-electron chi connectivity index (χ1n) is 6.17. The predicted octanol–water partition coefficient (Wildman–Crippen LogP) is 2.63. The van der Waals surface area contributed by atoms with Crippen LogP contribution in [0.25, 0.3) is 10.8 Å². The summed E-state index contributed by atoms with van der Waals surface area (Å²) in [6.45, 7) is 2.30. The topological polar surface area (TPSA) is 12.0 Å². The van der Waals surface area contributed by atoms with Crippen molar-refractivity contribution >= 4 is 10.8 Å². The van der Waals surface area contributed by atoms with E-state index in [9.17, 15) is 0 Å². The van der Waals surface area contributed by atoms with Gasteiger partial charge >= 0.3 is 0 Å². The van der Waals surface area contributed by atoms with E-state index in [1.54, 1.807) is 22.1 Å². The van der Waals surface area contributed by atoms with Crippen LogP contribution in [0.5, 0.6) is 0 Å². The molecule has 2 aromatic carbocycles. The van der Waals surface area contributed by atoms with Gasteiger partial charge in [-0.3, -0.25) is 0 Å². The zero-order valence-electron chi connectivity index (χ0n) is 9.29. The normalized spacial score (nSPS) is 19.0. The molecule has 0 unspecified atom stereocenters. The Morgan fingerprint density at radius 1 is 0.938 bits per heavy atom. The number of benzene rings is 2. The summed E-state index contributed by atoms with van der Waals surface area (Å²) in [5, 5.41) is 6.44. The molecule has 16 heavy (non-hydrogen) atoms. The molecule has 0 atom stereocenters. The molecule has 1 nitrogen and oxygen atoms in total. The van der Waals surface area contributed by atoms with Gasteiger partial charge in [-0.25, -0.2) is 0 Å². The molecule has 4 rings (SSSR count). The summed E-state index contributed by atoms with van der Waals surface area (Å²) in [7, 11) is 0. The monoisotopic (exact) mass is 209 g/mol. The van der Waals surface area contributed by atoms with Crippen LogP contribution in [0.2, 0.25) is 0 Å². The number of hydrogen-bond acceptors (Lipinski definition) is 1. The van der Waals surface area contributed by atoms with Crippen molar-refractivity contribution in [3.63, 3.8) is 0 Å². The summed E-state index contributed by atoms with van der Waals surface area (Å²) in [6.07, 6.45) is 2.47. The third kappa shape index (κ3) is 1.04. The van der Waals surface area contributed by atoms with Gasteiger partial charge in [-0.05, 0) is 40.3 Å². The van der Waals surface area contributed by atoms with Crippen LogP contribution in [-0.2, 0) is 12.8 Å². The molecule has 0 spiro atoms. The van der Waals surface area contributed by atoms with Crippen LogP contribution in [0.15, 0.2) is 30.3 Å². The number of hydrogen-bond donors (Lipinski definition) is 1. The molecule has 1 aliphatic heterocycles. The zero-order valence-corrected chi connectivity index (χ0v) is 9.29. The summed E-state index contributed by atoms with van der Waals surface area (Å²) in [6, 6.07) is 11.5. The first-order chi connectivity index (χ1) is 7.93. The van der Waals surface area contributed by atoms with Gasteiger partial charge in [0, 0.05) is 19.0 Å². The van der Waals surface area contributed by atoms with E-state index in [0.717, 1.165) is 19.0 Å². The maximum Gasteiger partial charge on any atom is 0.00947 e. The van der Waals surface area contributed by atoms with E-state index in [0.29, 0.717) is 0 Å². The lowest BCUT2D eigenvalue weighted by atomic mass is 9.88. The summed E-state index contributed by atoms with van der Waals surface area (Å²) in [4.78, 5) is 0. The van der Waals surface area contributed by atoms with Crippen molar-refractivity contribution in [3.05, 3.63) is 47.0 Å². The Labute approximate surface area is 95.5 Å². The average Bonchev–Trinajstić information content (AvgIpc) is 2.65. The highest BCUT2D eigenvalue weighted by atomic mass is 14.9. The fourth-order valence-corrected chi connectivity index (χ4v) is 3.13. The Hall–Kier alpha value is -1.34. The largest absolute Gasteiger partial charge is 0.315 e. The van der Waals surface area contributed by atoms with Gasteiger partial charge < -0.3 is 5.32 Å². The average molecular weight is 209 g/mol. The second-order valence-electron chi connectivity index (χ2n) is 5.01. The predicted molar refractivity (Wildman–Crippen MR) is 67.0 cm³/mol. The Morgan fingerprint density at radius 3 is 2.50 bits per heavy atom. The van der Waals surface area contributed by atoms with Crippen LogP contribution in [0.1, 0.15) is 22.6 Å². The second-order valence-corrected chi connectivity index (χ2v) is 5.01. The molecule has 80 valence electrons. The van der Waals surface area contributed by atoms with Gasteiger partial charge in [-0.1, -0.05) is 30.3 Å². The summed E-state index contributed by atoms with van der Waals surface area (Å²) < 4.78 is 0. The Kier molecular flexibility index (Phi) is 1.69. The van der Waals surface area contributed by atoms with Crippen LogP contribution in [0, 0.1) is 0 Å². The Balaban J connectivity index is 2.05. The molecule has 2 aliphatic rings. The molecule has 0 saturated carbocycles. The summed E-state index contributed by atoms with van der Waals surface area (Å²) in [5.74, 6) is 0.741. The lowest BCUT2D eigenvalue weighted by Gasteiger charge is -2.28. The van der Waals surface area contributed by atoms with E-state index in [-0.39, 0.29) is 0 Å². The molecule has 1 aliphatic carbocycles. The molecule has 0 amide bonds. The lowest BCUT2D eigenvalue weighted by molar-refractivity contribution is 0.451. The van der Waals surface area contributed by atoms with Crippen molar-refractivity contribution < 1.29 is 0 Å². The minimum absolute atomic E-state index is 0.741. The summed E-state index contributed by atoms with van der Waals surface area (Å²) in [5.41, 5.74) is 4.67. The fourth-order valence-electron chi connectivity index (χ4n) is 3.13. The molecular weight excluding hydrogens is 194 g/mol. The van der Waals surface area contributed by atoms with Crippen molar-refractivity contribution in [1.82, 2.24) is 5.32 Å². The lowest BCUT2D eigenvalue weighted by Crippen LogP contribution is -2.39. The van der Waals surface area contributed by atoms with Gasteiger partial charge in [0.25, 0.3) is 0 Å². The molecule has 1 saturated heterocycles. The van der Waals surface area contributed by atoms with Crippen molar-refractivity contribution in [3.8, 4) is 0 Å². The van der Waals surface area contributed by atoms with Crippen LogP contribution < -0.4 is 5.32 Å². The van der Waals surface area contributed by atoms with Gasteiger partial charge in [0.15, 0.2) is 0 Å². The molecular formula is C15H15N. The SMILES string of the molecule is c1cc2c3c(ccc(C4CNC4)c3c1)CC2. The zero-order chi connectivity index (χ0) is 10.5. The van der Waals surface area contributed by atoms with E-state index in [1.807, 2.05) is 0 Å². The number of nitrogens with one attached hydrogen (secondary N) is 1. The highest BCUT2D eigenvalue weighted by molar-refractivity contribution is 5.93. The first-order valence-corrected chi connectivity index (χ1v) is 6.17. The smallest absolute Gasteiger partial charge is 0.00947 e. The molecule has 2 aromatic rings. The van der Waals surface area contributed by atoms with Gasteiger partial charge in [-0.2, -0.15) is 0 Å². The maximum atomic E-state index is 3.37. The summed E-state index contributed by atoms with van der Waals surface area (Å²) >= 11 is 0. The quantitative estimate of drug-likeness (QED) is 0.761. The maximum absolute atomic E-state index is 3.37. The van der Waals surface area contributed by atoms with Crippen LogP contribution in [0.3, 0.4) is 0 Å². The standard InChI is InChI=1S/C15H15N/c1-2-10-4-5-11-6-7-13(12-8-16-9-12)14(3-1)15(10)11/h1-3,6-7,12,16H,4-5,8-9H2. The van der Waals surface area contributed by atoms with Crippen molar-refractivity contribution in [1.29, 1.82) is 0 Å². The van der Waals surface area contributed by atoms with E-state index in [2.05, 4.69) is 35.6 Å². The van der Waals surface area contributed by atoms with Crippen molar-refractivity contribution in [2.45, 2.75) is 18.8 Å². The molecule has 1 heterocycles. The third-order valence-electron chi connectivity index (χ3n) is 4.13. The van der Waals surface area contributed by atoms with E-state index in [1.165, 1.54) is 18.2 Å². The minimum Gasteiger partial charge on any atom is -0.315 e. The molecule has 1 heteroatoms. The van der Waals surface area contributed by atoms with Crippen molar-refractivity contribution in [2.24, 2.45) is 0 Å². The van der Waals surface area contributed by atoms with Crippen LogP contribution in [-0.4, -0.2) is 13.1 Å². The van der Waals surface area contributed by atoms with Crippen LogP contribution in [0.4, 0.5) is 0 Å². The Morgan fingerprint density at radius 2 is 1.75 bits per heavy atom. The molecule has 0 bridgehead atoms. The first kappa shape index (κ1) is 8.77. The van der Waals surface area contributed by atoms with Crippen molar-refractivity contribution in [2.75, 3.05) is 13.1 Å². The number of aryl methyl sites for hydroxylation is 2. The highest BCUT2D eigenvalue weighted by Crippen LogP contribution is 2.36. The molecule has 1 N–H and O–H groups in total. The van der Waals surface area contributed by atoms with Gasteiger partial charge in [0.05, 0.1) is 0 Å². The third-order valence-corrected chi connectivity index (χ3v) is 4.13. The van der Waals surface area contributed by atoms with E-state index >= 15 is 0 Å². The van der Waals surface area contributed by atoms with Gasteiger partial charge in [0.1, 0.15) is 0 Å². The highest BCUT2D eigenvalue weighted by Gasteiger charge is 2.23. The molecule has 1 fully saturated rings. The van der Waals surface area contributed by atoms with Gasteiger partial charge in [0.2, 0.25) is 0 Å². The number of rotatable bonds is 1. The molecule has 0 aromatic heterocycles. The second kappa shape index (κ2) is 3.08. The van der Waals surface area contributed by atoms with Gasteiger partial charge in [-0.15, -0.1) is 0 Å². The molecule has 0 radical (unpaired) electrons. The fraction of sp³-hybridized carbons (Fsp3) is 0.333. The van der Waals surface area contributed by atoms with E-state index in [4.69, 9.17) is 0 Å². The minimum atomic E-state index is 0.741. The van der Waals surface area contributed by atoms with Crippen LogP contribution >= 0.6 is 0 Å².